The Balaban J connectivity index is 2.53. The van der Waals surface area contributed by atoms with Gasteiger partial charge in [-0.2, -0.15) is 0 Å². The number of fused-ring (bicyclic) bond motifs is 1. The molecule has 0 aliphatic heterocycles. The third-order valence-electron chi connectivity index (χ3n) is 3.07. The summed E-state index contributed by atoms with van der Waals surface area (Å²) < 4.78 is 5.34. The van der Waals surface area contributed by atoms with Crippen LogP contribution in [0.25, 0.3) is 10.8 Å². The van der Waals surface area contributed by atoms with E-state index in [4.69, 9.17) is 10.6 Å². The minimum atomic E-state index is -0.0482. The molecule has 0 amide bonds. The number of hydrogen-bond donors (Lipinski definition) is 2. The third-order valence-corrected chi connectivity index (χ3v) is 3.07. The zero-order chi connectivity index (χ0) is 12.3. The second-order valence-corrected chi connectivity index (χ2v) is 4.03. The molecule has 17 heavy (non-hydrogen) atoms. The molecule has 90 valence electrons. The summed E-state index contributed by atoms with van der Waals surface area (Å²) in [6, 6.07) is 8.07. The molecule has 2 atom stereocenters. The van der Waals surface area contributed by atoms with Crippen molar-refractivity contribution in [3.05, 3.63) is 42.2 Å². The van der Waals surface area contributed by atoms with Crippen LogP contribution >= 0.6 is 0 Å². The van der Waals surface area contributed by atoms with E-state index in [9.17, 15) is 0 Å². The van der Waals surface area contributed by atoms with Crippen LogP contribution < -0.4 is 11.3 Å². The maximum absolute atomic E-state index is 5.62. The zero-order valence-electron chi connectivity index (χ0n) is 10.1. The SMILES string of the molecule is COC(C)C(NN)c1cccc2ccncc12. The molecule has 1 aromatic carbocycles. The minimum Gasteiger partial charge on any atom is -0.380 e. The number of nitrogens with zero attached hydrogens (tertiary/aromatic N) is 1. The van der Waals surface area contributed by atoms with Crippen molar-refractivity contribution in [2.75, 3.05) is 7.11 Å². The lowest BCUT2D eigenvalue weighted by molar-refractivity contribution is 0.0835. The predicted octanol–water partition coefficient (Wildman–Crippen LogP) is 1.77. The topological polar surface area (TPSA) is 60.2 Å². The molecule has 0 aliphatic carbocycles. The quantitative estimate of drug-likeness (QED) is 0.622. The maximum Gasteiger partial charge on any atom is 0.0751 e. The summed E-state index contributed by atoms with van der Waals surface area (Å²) in [5.41, 5.74) is 3.91. The molecule has 0 saturated heterocycles. The van der Waals surface area contributed by atoms with Gasteiger partial charge in [-0.1, -0.05) is 18.2 Å². The number of methoxy groups -OCH3 is 1. The predicted molar refractivity (Wildman–Crippen MR) is 68.3 cm³/mol. The standard InChI is InChI=1S/C13H17N3O/c1-9(17-2)13(16-14)11-5-3-4-10-6-7-15-8-12(10)11/h3-9,13,16H,14H2,1-2H3. The molecule has 2 aromatic rings. The van der Waals surface area contributed by atoms with Gasteiger partial charge in [0.25, 0.3) is 0 Å². The van der Waals surface area contributed by atoms with Crippen molar-refractivity contribution in [3.8, 4) is 0 Å². The van der Waals surface area contributed by atoms with Gasteiger partial charge < -0.3 is 4.74 Å². The number of pyridine rings is 1. The van der Waals surface area contributed by atoms with Crippen LogP contribution in [0.5, 0.6) is 0 Å². The van der Waals surface area contributed by atoms with Crippen LogP contribution in [0.3, 0.4) is 0 Å². The first-order valence-corrected chi connectivity index (χ1v) is 5.59. The first kappa shape index (κ1) is 12.0. The first-order valence-electron chi connectivity index (χ1n) is 5.59. The van der Waals surface area contributed by atoms with Crippen molar-refractivity contribution in [2.45, 2.75) is 19.1 Å². The van der Waals surface area contributed by atoms with Gasteiger partial charge in [0.1, 0.15) is 0 Å². The van der Waals surface area contributed by atoms with Gasteiger partial charge >= 0.3 is 0 Å². The molecule has 0 saturated carbocycles. The fraction of sp³-hybridized carbons (Fsp3) is 0.308. The maximum atomic E-state index is 5.62. The Morgan fingerprint density at radius 3 is 2.88 bits per heavy atom. The first-order chi connectivity index (χ1) is 8.27. The highest BCUT2D eigenvalue weighted by Gasteiger charge is 2.19. The van der Waals surface area contributed by atoms with Crippen LogP contribution in [-0.2, 0) is 4.74 Å². The van der Waals surface area contributed by atoms with E-state index in [1.165, 1.54) is 0 Å². The van der Waals surface area contributed by atoms with Crippen LogP contribution in [0.4, 0.5) is 0 Å². The third kappa shape index (κ3) is 2.29. The molecular formula is C13H17N3O. The van der Waals surface area contributed by atoms with E-state index in [0.29, 0.717) is 0 Å². The van der Waals surface area contributed by atoms with Gasteiger partial charge in [0.15, 0.2) is 0 Å². The van der Waals surface area contributed by atoms with E-state index in [2.05, 4.69) is 16.5 Å². The summed E-state index contributed by atoms with van der Waals surface area (Å²) in [5, 5.41) is 2.25. The van der Waals surface area contributed by atoms with Crippen molar-refractivity contribution in [2.24, 2.45) is 5.84 Å². The van der Waals surface area contributed by atoms with Crippen molar-refractivity contribution < 1.29 is 4.74 Å². The highest BCUT2D eigenvalue weighted by atomic mass is 16.5. The number of hydrogen-bond acceptors (Lipinski definition) is 4. The zero-order valence-corrected chi connectivity index (χ0v) is 10.1. The largest absolute Gasteiger partial charge is 0.380 e. The Morgan fingerprint density at radius 2 is 2.18 bits per heavy atom. The lowest BCUT2D eigenvalue weighted by atomic mass is 9.97. The average molecular weight is 231 g/mol. The fourth-order valence-corrected chi connectivity index (χ4v) is 2.02. The molecule has 4 nitrogen and oxygen atoms in total. The normalized spacial score (nSPS) is 14.8. The van der Waals surface area contributed by atoms with Crippen LogP contribution in [0, 0.1) is 0 Å². The monoisotopic (exact) mass is 231 g/mol. The lowest BCUT2D eigenvalue weighted by Gasteiger charge is -2.23. The van der Waals surface area contributed by atoms with E-state index in [0.717, 1.165) is 16.3 Å². The molecule has 1 aromatic heterocycles. The smallest absolute Gasteiger partial charge is 0.0751 e. The summed E-state index contributed by atoms with van der Waals surface area (Å²) in [4.78, 5) is 4.17. The van der Waals surface area contributed by atoms with Crippen LogP contribution in [0.2, 0.25) is 0 Å². The van der Waals surface area contributed by atoms with E-state index in [1.807, 2.05) is 31.3 Å². The average Bonchev–Trinajstić information content (AvgIpc) is 2.39. The number of benzene rings is 1. The highest BCUT2D eigenvalue weighted by molar-refractivity contribution is 5.85. The van der Waals surface area contributed by atoms with E-state index in [1.54, 1.807) is 13.3 Å². The molecule has 2 unspecified atom stereocenters. The molecule has 4 heteroatoms. The summed E-state index contributed by atoms with van der Waals surface area (Å²) in [6.07, 6.45) is 3.64. The summed E-state index contributed by atoms with van der Waals surface area (Å²) in [7, 11) is 1.68. The number of nitrogens with one attached hydrogen (secondary N) is 1. The van der Waals surface area contributed by atoms with Crippen LogP contribution in [0.15, 0.2) is 36.7 Å². The second-order valence-electron chi connectivity index (χ2n) is 4.03. The molecule has 1 heterocycles. The van der Waals surface area contributed by atoms with Gasteiger partial charge in [-0.15, -0.1) is 0 Å². The molecular weight excluding hydrogens is 214 g/mol. The van der Waals surface area contributed by atoms with Crippen LogP contribution in [0.1, 0.15) is 18.5 Å². The van der Waals surface area contributed by atoms with Gasteiger partial charge in [-0.25, -0.2) is 0 Å². The summed E-state index contributed by atoms with van der Waals surface area (Å²) >= 11 is 0. The number of rotatable bonds is 4. The van der Waals surface area contributed by atoms with Gasteiger partial charge in [0.2, 0.25) is 0 Å². The Kier molecular flexibility index (Phi) is 3.68. The second kappa shape index (κ2) is 5.23. The molecule has 0 aliphatic rings. The Bertz CT molecular complexity index is 495. The van der Waals surface area contributed by atoms with E-state index < -0.39 is 0 Å². The molecule has 0 radical (unpaired) electrons. The molecule has 2 rings (SSSR count). The summed E-state index contributed by atoms with van der Waals surface area (Å²) in [5.74, 6) is 5.62. The van der Waals surface area contributed by atoms with Gasteiger partial charge in [0, 0.05) is 24.9 Å². The van der Waals surface area contributed by atoms with Crippen molar-refractivity contribution >= 4 is 10.8 Å². The van der Waals surface area contributed by atoms with Crippen molar-refractivity contribution in [1.29, 1.82) is 0 Å². The number of ether oxygens (including phenoxy) is 1. The van der Waals surface area contributed by atoms with E-state index >= 15 is 0 Å². The van der Waals surface area contributed by atoms with Gasteiger partial charge in [-0.3, -0.25) is 16.3 Å². The Morgan fingerprint density at radius 1 is 1.35 bits per heavy atom. The van der Waals surface area contributed by atoms with Gasteiger partial charge in [-0.05, 0) is 23.9 Å². The Labute approximate surface area is 101 Å². The molecule has 0 fully saturated rings. The number of aromatic nitrogens is 1. The van der Waals surface area contributed by atoms with Gasteiger partial charge in [0.05, 0.1) is 12.1 Å². The number of nitrogens with two attached hydrogens (primary N) is 1. The van der Waals surface area contributed by atoms with Crippen molar-refractivity contribution in [1.82, 2.24) is 10.4 Å². The highest BCUT2D eigenvalue weighted by Crippen LogP contribution is 2.26. The number of hydrazine groups is 1. The molecule has 0 spiro atoms. The van der Waals surface area contributed by atoms with Crippen LogP contribution in [-0.4, -0.2) is 18.2 Å². The molecule has 3 N–H and O–H groups in total. The summed E-state index contributed by atoms with van der Waals surface area (Å²) in [6.45, 7) is 1.99. The minimum absolute atomic E-state index is 0.00851. The van der Waals surface area contributed by atoms with E-state index in [-0.39, 0.29) is 12.1 Å². The molecule has 0 bridgehead atoms. The Hall–Kier alpha value is -1.49. The lowest BCUT2D eigenvalue weighted by Crippen LogP contribution is -2.36. The van der Waals surface area contributed by atoms with Crippen molar-refractivity contribution in [3.63, 3.8) is 0 Å². The fourth-order valence-electron chi connectivity index (χ4n) is 2.02.